The van der Waals surface area contributed by atoms with Crippen molar-refractivity contribution >= 4 is 11.6 Å². The fraction of sp³-hybridized carbons (Fsp3) is 0.571. The molecule has 106 valence electrons. The van der Waals surface area contributed by atoms with Crippen molar-refractivity contribution < 1.29 is 13.5 Å². The smallest absolute Gasteiger partial charge is 0.186 e. The molecule has 0 atom stereocenters. The van der Waals surface area contributed by atoms with E-state index in [1.54, 1.807) is 0 Å². The van der Waals surface area contributed by atoms with Crippen molar-refractivity contribution in [1.29, 1.82) is 0 Å². The molecule has 1 aliphatic carbocycles. The first-order valence-corrected chi connectivity index (χ1v) is 6.85. The summed E-state index contributed by atoms with van der Waals surface area (Å²) in [7, 11) is 1.36. The Hall–Kier alpha value is -0.870. The van der Waals surface area contributed by atoms with Crippen LogP contribution in [-0.4, -0.2) is 13.7 Å². The van der Waals surface area contributed by atoms with Crippen LogP contribution in [0.4, 0.5) is 8.78 Å². The van der Waals surface area contributed by atoms with Crippen LogP contribution in [0.2, 0.25) is 5.02 Å². The van der Waals surface area contributed by atoms with Crippen LogP contribution in [0.25, 0.3) is 0 Å². The number of methoxy groups -OCH3 is 1. The average Bonchev–Trinajstić information content (AvgIpc) is 2.45. The van der Waals surface area contributed by atoms with Crippen LogP contribution in [0.3, 0.4) is 0 Å². The van der Waals surface area contributed by atoms with E-state index < -0.39 is 22.1 Å². The molecular weight excluding hydrogens is 272 g/mol. The lowest BCUT2D eigenvalue weighted by Crippen LogP contribution is -2.37. The lowest BCUT2D eigenvalue weighted by molar-refractivity contribution is 0.281. The fourth-order valence-electron chi connectivity index (χ4n) is 2.98. The van der Waals surface area contributed by atoms with Gasteiger partial charge < -0.3 is 10.5 Å². The summed E-state index contributed by atoms with van der Waals surface area (Å²) in [5.74, 6) is -1.57. The summed E-state index contributed by atoms with van der Waals surface area (Å²) in [6.45, 7) is 0.351. The molecule has 1 aliphatic rings. The molecule has 2 nitrogen and oxygen atoms in total. The summed E-state index contributed by atoms with van der Waals surface area (Å²) < 4.78 is 32.9. The van der Waals surface area contributed by atoms with Crippen LogP contribution in [0.1, 0.15) is 37.7 Å². The quantitative estimate of drug-likeness (QED) is 0.859. The summed E-state index contributed by atoms with van der Waals surface area (Å²) in [5, 5.41) is -0.524. The molecule has 19 heavy (non-hydrogen) atoms. The Morgan fingerprint density at radius 2 is 1.95 bits per heavy atom. The van der Waals surface area contributed by atoms with Gasteiger partial charge in [0.25, 0.3) is 0 Å². The number of halogens is 3. The molecule has 0 spiro atoms. The maximum absolute atomic E-state index is 14.0. The Bertz CT molecular complexity index is 473. The third-order valence-electron chi connectivity index (χ3n) is 4.09. The molecule has 1 aromatic carbocycles. The van der Waals surface area contributed by atoms with E-state index in [1.807, 2.05) is 0 Å². The molecule has 5 heteroatoms. The summed E-state index contributed by atoms with van der Waals surface area (Å²) in [6, 6.07) is 1.28. The standard InChI is InChI=1S/C14H18ClF2NO/c1-19-13-9(7-10(16)11(15)12(13)17)14(8-18)5-3-2-4-6-14/h7H,2-6,8,18H2,1H3. The number of hydrogen-bond donors (Lipinski definition) is 1. The molecular formula is C14H18ClF2NO. The van der Waals surface area contributed by atoms with Crippen LogP contribution >= 0.6 is 11.6 Å². The summed E-state index contributed by atoms with van der Waals surface area (Å²) in [4.78, 5) is 0. The first-order valence-electron chi connectivity index (χ1n) is 6.48. The van der Waals surface area contributed by atoms with E-state index in [4.69, 9.17) is 22.1 Å². The second-order valence-corrected chi connectivity index (χ2v) is 5.49. The molecule has 0 saturated heterocycles. The van der Waals surface area contributed by atoms with Gasteiger partial charge in [-0.1, -0.05) is 30.9 Å². The third kappa shape index (κ3) is 2.43. The van der Waals surface area contributed by atoms with Gasteiger partial charge in [-0.3, -0.25) is 0 Å². The Morgan fingerprint density at radius 3 is 2.47 bits per heavy atom. The van der Waals surface area contributed by atoms with E-state index in [2.05, 4.69) is 0 Å². The van der Waals surface area contributed by atoms with Gasteiger partial charge in [0.15, 0.2) is 11.6 Å². The molecule has 1 aromatic rings. The number of nitrogens with two attached hydrogens (primary N) is 1. The van der Waals surface area contributed by atoms with Gasteiger partial charge >= 0.3 is 0 Å². The van der Waals surface area contributed by atoms with E-state index in [1.165, 1.54) is 13.2 Å². The molecule has 2 N–H and O–H groups in total. The molecule has 0 bridgehead atoms. The number of benzene rings is 1. The first kappa shape index (κ1) is 14.5. The molecule has 2 rings (SSSR count). The van der Waals surface area contributed by atoms with E-state index in [0.29, 0.717) is 12.1 Å². The monoisotopic (exact) mass is 289 g/mol. The van der Waals surface area contributed by atoms with Crippen molar-refractivity contribution in [3.63, 3.8) is 0 Å². The molecule has 0 aromatic heterocycles. The number of rotatable bonds is 3. The van der Waals surface area contributed by atoms with E-state index in [9.17, 15) is 8.78 Å². The highest BCUT2D eigenvalue weighted by atomic mass is 35.5. The Labute approximate surface area is 116 Å². The van der Waals surface area contributed by atoms with Gasteiger partial charge in [0.05, 0.1) is 7.11 Å². The molecule has 0 amide bonds. The number of ether oxygens (including phenoxy) is 1. The lowest BCUT2D eigenvalue weighted by atomic mass is 9.69. The molecule has 0 radical (unpaired) electrons. The Morgan fingerprint density at radius 1 is 1.32 bits per heavy atom. The van der Waals surface area contributed by atoms with Crippen molar-refractivity contribution in [3.05, 3.63) is 28.3 Å². The zero-order chi connectivity index (χ0) is 14.0. The minimum atomic E-state index is -0.836. The summed E-state index contributed by atoms with van der Waals surface area (Å²) >= 11 is 5.60. The van der Waals surface area contributed by atoms with Crippen molar-refractivity contribution in [2.75, 3.05) is 13.7 Å². The van der Waals surface area contributed by atoms with Crippen LogP contribution in [0.15, 0.2) is 6.07 Å². The normalized spacial score (nSPS) is 18.4. The fourth-order valence-corrected chi connectivity index (χ4v) is 3.12. The molecule has 0 aliphatic heterocycles. The largest absolute Gasteiger partial charge is 0.493 e. The van der Waals surface area contributed by atoms with Crippen LogP contribution in [0.5, 0.6) is 5.75 Å². The van der Waals surface area contributed by atoms with E-state index in [0.717, 1.165) is 32.1 Å². The summed E-state index contributed by atoms with van der Waals surface area (Å²) in [6.07, 6.45) is 4.78. The van der Waals surface area contributed by atoms with Gasteiger partial charge in [0.1, 0.15) is 10.8 Å². The van der Waals surface area contributed by atoms with Gasteiger partial charge in [0.2, 0.25) is 0 Å². The average molecular weight is 290 g/mol. The molecule has 1 fully saturated rings. The molecule has 0 heterocycles. The number of hydrogen-bond acceptors (Lipinski definition) is 2. The predicted molar refractivity (Wildman–Crippen MR) is 71.7 cm³/mol. The summed E-state index contributed by atoms with van der Waals surface area (Å²) in [5.41, 5.74) is 6.00. The maximum Gasteiger partial charge on any atom is 0.186 e. The topological polar surface area (TPSA) is 35.2 Å². The van der Waals surface area contributed by atoms with Crippen LogP contribution in [-0.2, 0) is 5.41 Å². The Kier molecular flexibility index (Phi) is 4.31. The third-order valence-corrected chi connectivity index (χ3v) is 4.44. The van der Waals surface area contributed by atoms with Crippen molar-refractivity contribution in [3.8, 4) is 5.75 Å². The zero-order valence-corrected chi connectivity index (χ0v) is 11.7. The van der Waals surface area contributed by atoms with E-state index >= 15 is 0 Å². The SMILES string of the molecule is COc1c(C2(CN)CCCCC2)cc(F)c(Cl)c1F. The van der Waals surface area contributed by atoms with Gasteiger partial charge in [-0.15, -0.1) is 0 Å². The van der Waals surface area contributed by atoms with Crippen LogP contribution in [0, 0.1) is 11.6 Å². The van der Waals surface area contributed by atoms with Crippen molar-refractivity contribution in [2.24, 2.45) is 5.73 Å². The van der Waals surface area contributed by atoms with Crippen molar-refractivity contribution in [2.45, 2.75) is 37.5 Å². The second-order valence-electron chi connectivity index (χ2n) is 5.11. The second kappa shape index (κ2) is 5.63. The highest BCUT2D eigenvalue weighted by Crippen LogP contribution is 2.45. The predicted octanol–water partition coefficient (Wildman–Crippen LogP) is 3.79. The van der Waals surface area contributed by atoms with E-state index in [-0.39, 0.29) is 5.75 Å². The zero-order valence-electron chi connectivity index (χ0n) is 10.9. The Balaban J connectivity index is 2.59. The van der Waals surface area contributed by atoms with Gasteiger partial charge in [-0.05, 0) is 18.9 Å². The molecule has 0 unspecified atom stereocenters. The van der Waals surface area contributed by atoms with Gasteiger partial charge in [0, 0.05) is 17.5 Å². The minimum absolute atomic E-state index is 0.0266. The van der Waals surface area contributed by atoms with Gasteiger partial charge in [-0.2, -0.15) is 0 Å². The van der Waals surface area contributed by atoms with Gasteiger partial charge in [-0.25, -0.2) is 8.78 Å². The lowest BCUT2D eigenvalue weighted by Gasteiger charge is -2.37. The molecule has 1 saturated carbocycles. The minimum Gasteiger partial charge on any atom is -0.493 e. The van der Waals surface area contributed by atoms with Crippen molar-refractivity contribution in [1.82, 2.24) is 0 Å². The maximum atomic E-state index is 14.0. The van der Waals surface area contributed by atoms with Crippen LogP contribution < -0.4 is 10.5 Å². The highest BCUT2D eigenvalue weighted by molar-refractivity contribution is 6.31. The highest BCUT2D eigenvalue weighted by Gasteiger charge is 2.37. The first-order chi connectivity index (χ1) is 9.05.